The number of carbonyl (C=O) groups is 1. The van der Waals surface area contributed by atoms with Crippen LogP contribution in [0.15, 0.2) is 72.9 Å². The quantitative estimate of drug-likeness (QED) is 0.0204. The Balaban J connectivity index is 1.70. The Hall–Kier alpha value is -2.57. The smallest absolute Gasteiger partial charge is 0.220 e. The van der Waals surface area contributed by atoms with E-state index in [2.05, 4.69) is 79.9 Å². The standard InChI is InChI=1S/C64H113NO13/c1-3-5-7-9-11-13-15-17-19-20-21-22-23-24-25-26-27-28-29-30-31-32-34-36-38-40-42-44-46-48-56(69)65-52(53(68)47-45-43-41-39-37-35-33-18-16-14-12-10-8-6-4-2)51-75-63-61(74)59(72)62(55(50-67)77-63)78-64-60(73)58(71)57(70)54(49-66)76-64/h5,7,11,13,17,19,21-22,37,39,45,47,52-55,57-64,66-68,70-74H,3-4,6,8-10,12,14-16,18,20,23-36,38,40-44,46,48-51H2,1-2H3,(H,65,69)/b7-5-,13-11-,19-17-,22-21-,39-37+,47-45+. The van der Waals surface area contributed by atoms with E-state index in [0.717, 1.165) is 57.8 Å². The largest absolute Gasteiger partial charge is 0.394 e. The molecule has 452 valence electrons. The molecule has 2 heterocycles. The van der Waals surface area contributed by atoms with Gasteiger partial charge in [-0.2, -0.15) is 0 Å². The van der Waals surface area contributed by atoms with E-state index >= 15 is 0 Å². The van der Waals surface area contributed by atoms with Gasteiger partial charge in [0.2, 0.25) is 5.91 Å². The average molecular weight is 1100 g/mol. The summed E-state index contributed by atoms with van der Waals surface area (Å²) in [6.45, 7) is 2.67. The summed E-state index contributed by atoms with van der Waals surface area (Å²) in [4.78, 5) is 13.3. The minimum atomic E-state index is -1.79. The number of amides is 1. The number of unbranched alkanes of at least 4 members (excludes halogenated alkanes) is 26. The summed E-state index contributed by atoms with van der Waals surface area (Å²) in [5.74, 6) is -0.250. The first-order chi connectivity index (χ1) is 38.1. The summed E-state index contributed by atoms with van der Waals surface area (Å²) in [6.07, 6.45) is 48.1. The first-order valence-corrected chi connectivity index (χ1v) is 31.2. The molecule has 2 aliphatic heterocycles. The van der Waals surface area contributed by atoms with E-state index in [-0.39, 0.29) is 18.9 Å². The molecule has 0 aliphatic carbocycles. The van der Waals surface area contributed by atoms with Crippen LogP contribution in [0.5, 0.6) is 0 Å². The second kappa shape index (κ2) is 49.1. The zero-order valence-corrected chi connectivity index (χ0v) is 48.6. The van der Waals surface area contributed by atoms with Gasteiger partial charge in [0.25, 0.3) is 0 Å². The maximum atomic E-state index is 13.3. The molecule has 9 N–H and O–H groups in total. The molecule has 1 amide bonds. The summed E-state index contributed by atoms with van der Waals surface area (Å²) >= 11 is 0. The van der Waals surface area contributed by atoms with Gasteiger partial charge in [-0.25, -0.2) is 0 Å². The molecule has 2 aliphatic rings. The van der Waals surface area contributed by atoms with E-state index in [1.807, 2.05) is 6.08 Å². The van der Waals surface area contributed by atoms with Crippen LogP contribution in [0.2, 0.25) is 0 Å². The average Bonchev–Trinajstić information content (AvgIpc) is 3.47. The van der Waals surface area contributed by atoms with Crippen molar-refractivity contribution in [3.05, 3.63) is 72.9 Å². The Morgan fingerprint density at radius 1 is 0.474 bits per heavy atom. The van der Waals surface area contributed by atoms with Crippen LogP contribution in [0.25, 0.3) is 0 Å². The van der Waals surface area contributed by atoms with Gasteiger partial charge < -0.3 is 65.1 Å². The van der Waals surface area contributed by atoms with E-state index in [0.29, 0.717) is 12.8 Å². The van der Waals surface area contributed by atoms with E-state index in [4.69, 9.17) is 18.9 Å². The van der Waals surface area contributed by atoms with Gasteiger partial charge in [0, 0.05) is 6.42 Å². The van der Waals surface area contributed by atoms with Crippen molar-refractivity contribution in [3.63, 3.8) is 0 Å². The first kappa shape index (κ1) is 71.5. The van der Waals surface area contributed by atoms with Crippen LogP contribution < -0.4 is 5.32 Å². The number of hydrogen-bond acceptors (Lipinski definition) is 13. The van der Waals surface area contributed by atoms with Gasteiger partial charge in [0.15, 0.2) is 12.6 Å². The lowest BCUT2D eigenvalue weighted by Gasteiger charge is -2.46. The van der Waals surface area contributed by atoms with E-state index < -0.39 is 86.8 Å². The molecule has 14 heteroatoms. The summed E-state index contributed by atoms with van der Waals surface area (Å²) in [5, 5.41) is 87.1. The summed E-state index contributed by atoms with van der Waals surface area (Å²) in [6, 6.07) is -0.933. The number of hydrogen-bond donors (Lipinski definition) is 9. The van der Waals surface area contributed by atoms with Gasteiger partial charge in [-0.05, 0) is 70.6 Å². The lowest BCUT2D eigenvalue weighted by Crippen LogP contribution is -2.65. The molecule has 2 saturated heterocycles. The van der Waals surface area contributed by atoms with Gasteiger partial charge in [0.1, 0.15) is 48.8 Å². The molecule has 14 nitrogen and oxygen atoms in total. The predicted octanol–water partition coefficient (Wildman–Crippen LogP) is 11.1. The highest BCUT2D eigenvalue weighted by Crippen LogP contribution is 2.30. The number of nitrogens with one attached hydrogen (secondary N) is 1. The van der Waals surface area contributed by atoms with Crippen LogP contribution in [0.1, 0.15) is 232 Å². The minimum Gasteiger partial charge on any atom is -0.394 e. The number of allylic oxidation sites excluding steroid dienone is 11. The SMILES string of the molecule is CC/C=C\C/C=C\C/C=C\C/C=C\CCCCCCCCCCCCCCCCCCC(=O)NC(COC1OC(CO)C(OC2OC(CO)C(O)C(O)C2O)C(O)C1O)C(O)/C=C/CC/C=C/CCCCCCCCCCC. The molecular formula is C64H113NO13. The van der Waals surface area contributed by atoms with Gasteiger partial charge in [-0.3, -0.25) is 4.79 Å². The fourth-order valence-corrected chi connectivity index (χ4v) is 9.89. The molecule has 0 aromatic heterocycles. The van der Waals surface area contributed by atoms with Gasteiger partial charge in [-0.15, -0.1) is 0 Å². The van der Waals surface area contributed by atoms with Crippen molar-refractivity contribution in [1.82, 2.24) is 5.32 Å². The Labute approximate surface area is 472 Å². The highest BCUT2D eigenvalue weighted by molar-refractivity contribution is 5.76. The summed E-state index contributed by atoms with van der Waals surface area (Å²) in [7, 11) is 0. The molecular weight excluding hydrogens is 991 g/mol. The molecule has 0 aromatic carbocycles. The molecule has 2 fully saturated rings. The molecule has 0 spiro atoms. The predicted molar refractivity (Wildman–Crippen MR) is 313 cm³/mol. The fraction of sp³-hybridized carbons (Fsp3) is 0.797. The number of rotatable bonds is 49. The van der Waals surface area contributed by atoms with Crippen LogP contribution >= 0.6 is 0 Å². The van der Waals surface area contributed by atoms with Crippen LogP contribution in [0.4, 0.5) is 0 Å². The maximum Gasteiger partial charge on any atom is 0.220 e. The van der Waals surface area contributed by atoms with Crippen molar-refractivity contribution in [3.8, 4) is 0 Å². The Morgan fingerprint density at radius 2 is 0.897 bits per heavy atom. The van der Waals surface area contributed by atoms with Crippen molar-refractivity contribution < 1.29 is 64.6 Å². The van der Waals surface area contributed by atoms with Crippen LogP contribution in [0, 0.1) is 0 Å². The lowest BCUT2D eigenvalue weighted by molar-refractivity contribution is -0.359. The van der Waals surface area contributed by atoms with Gasteiger partial charge in [0.05, 0.1) is 32.0 Å². The van der Waals surface area contributed by atoms with Crippen molar-refractivity contribution in [1.29, 1.82) is 0 Å². The molecule has 12 atom stereocenters. The highest BCUT2D eigenvalue weighted by atomic mass is 16.7. The van der Waals surface area contributed by atoms with Crippen molar-refractivity contribution in [2.24, 2.45) is 0 Å². The topological polar surface area (TPSA) is 228 Å². The van der Waals surface area contributed by atoms with Crippen LogP contribution in [-0.4, -0.2) is 140 Å². The monoisotopic (exact) mass is 1100 g/mol. The third-order valence-corrected chi connectivity index (χ3v) is 14.9. The third kappa shape index (κ3) is 34.0. The van der Waals surface area contributed by atoms with Crippen molar-refractivity contribution >= 4 is 5.91 Å². The molecule has 0 aromatic rings. The molecule has 0 bridgehead atoms. The van der Waals surface area contributed by atoms with Crippen LogP contribution in [-0.2, 0) is 23.7 Å². The molecule has 2 rings (SSSR count). The Bertz CT molecular complexity index is 1580. The molecule has 12 unspecified atom stereocenters. The third-order valence-electron chi connectivity index (χ3n) is 14.9. The zero-order valence-electron chi connectivity index (χ0n) is 48.6. The van der Waals surface area contributed by atoms with Crippen molar-refractivity contribution in [2.75, 3.05) is 19.8 Å². The molecule has 0 radical (unpaired) electrons. The maximum absolute atomic E-state index is 13.3. The Morgan fingerprint density at radius 3 is 1.41 bits per heavy atom. The van der Waals surface area contributed by atoms with Gasteiger partial charge in [-0.1, -0.05) is 228 Å². The number of ether oxygens (including phenoxy) is 4. The van der Waals surface area contributed by atoms with Crippen LogP contribution in [0.3, 0.4) is 0 Å². The summed E-state index contributed by atoms with van der Waals surface area (Å²) < 4.78 is 22.8. The van der Waals surface area contributed by atoms with E-state index in [9.17, 15) is 45.6 Å². The zero-order chi connectivity index (χ0) is 56.7. The number of carbonyl (C=O) groups excluding carboxylic acids is 1. The first-order valence-electron chi connectivity index (χ1n) is 31.2. The normalized spacial score (nSPS) is 25.1. The molecule has 0 saturated carbocycles. The fourth-order valence-electron chi connectivity index (χ4n) is 9.89. The van der Waals surface area contributed by atoms with Crippen molar-refractivity contribution in [2.45, 2.75) is 306 Å². The lowest BCUT2D eigenvalue weighted by atomic mass is 9.97. The van der Waals surface area contributed by atoms with E-state index in [1.54, 1.807) is 6.08 Å². The van der Waals surface area contributed by atoms with Gasteiger partial charge >= 0.3 is 0 Å². The second-order valence-electron chi connectivity index (χ2n) is 21.8. The number of aliphatic hydroxyl groups excluding tert-OH is 8. The second-order valence-corrected chi connectivity index (χ2v) is 21.8. The highest BCUT2D eigenvalue weighted by Gasteiger charge is 2.51. The minimum absolute atomic E-state index is 0.250. The Kier molecular flexibility index (Phi) is 45.0. The summed E-state index contributed by atoms with van der Waals surface area (Å²) in [5.41, 5.74) is 0. The molecule has 78 heavy (non-hydrogen) atoms. The van der Waals surface area contributed by atoms with E-state index in [1.165, 1.54) is 141 Å². The number of aliphatic hydroxyl groups is 8.